The highest BCUT2D eigenvalue weighted by atomic mass is 32.2. The number of aryl methyl sites for hydroxylation is 1. The number of amides is 2. The summed E-state index contributed by atoms with van der Waals surface area (Å²) in [6.45, 7) is 2.75. The Balaban J connectivity index is 1.58. The zero-order chi connectivity index (χ0) is 20.6. The molecular formula is C19H23N5O4S. The first-order valence-corrected chi connectivity index (χ1v) is 11.6. The van der Waals surface area contributed by atoms with Gasteiger partial charge in [0, 0.05) is 19.4 Å². The van der Waals surface area contributed by atoms with Crippen LogP contribution in [0.2, 0.25) is 0 Å². The van der Waals surface area contributed by atoms with Gasteiger partial charge in [-0.3, -0.25) is 14.9 Å². The Kier molecular flexibility index (Phi) is 5.12. The number of anilines is 1. The van der Waals surface area contributed by atoms with E-state index in [2.05, 4.69) is 15.4 Å². The van der Waals surface area contributed by atoms with Crippen molar-refractivity contribution in [2.75, 3.05) is 16.8 Å². The molecule has 0 aliphatic carbocycles. The van der Waals surface area contributed by atoms with Crippen molar-refractivity contribution >= 4 is 44.3 Å². The normalized spacial score (nSPS) is 21.4. The van der Waals surface area contributed by atoms with E-state index >= 15 is 0 Å². The molecule has 1 fully saturated rings. The lowest BCUT2D eigenvalue weighted by atomic mass is 10.1. The van der Waals surface area contributed by atoms with Crippen molar-refractivity contribution in [1.82, 2.24) is 14.6 Å². The summed E-state index contributed by atoms with van der Waals surface area (Å²) in [4.78, 5) is 29.6. The van der Waals surface area contributed by atoms with Crippen LogP contribution in [0.15, 0.2) is 29.4 Å². The van der Waals surface area contributed by atoms with Gasteiger partial charge in [0.1, 0.15) is 5.71 Å². The monoisotopic (exact) mass is 417 g/mol. The molecule has 4 rings (SSSR count). The standard InChI is InChI=1S/C19H23N5O4S/c1-2-10-23-16-6-4-3-5-14(16)20-19(23)21-18(26)15-7-8-17(25)24(22-15)13-9-11-29(27,28)12-13/h3-6,13H,2,7-12H2,1H3,(H,20,21,26). The minimum absolute atomic E-state index is 0.0412. The molecule has 1 aromatic heterocycles. The molecular weight excluding hydrogens is 394 g/mol. The van der Waals surface area contributed by atoms with Crippen LogP contribution in [-0.4, -0.2) is 58.1 Å². The summed E-state index contributed by atoms with van der Waals surface area (Å²) in [6, 6.07) is 7.15. The Hall–Kier alpha value is -2.75. The molecule has 29 heavy (non-hydrogen) atoms. The van der Waals surface area contributed by atoms with Gasteiger partial charge in [0.15, 0.2) is 9.84 Å². The number of carbonyl (C=O) groups excluding carboxylic acids is 2. The Labute approximate surface area is 168 Å². The summed E-state index contributed by atoms with van der Waals surface area (Å²) in [7, 11) is -3.16. The molecule has 154 valence electrons. The lowest BCUT2D eigenvalue weighted by molar-refractivity contribution is -0.133. The molecule has 2 aromatic rings. The molecule has 1 aromatic carbocycles. The minimum Gasteiger partial charge on any atom is -0.310 e. The molecule has 2 amide bonds. The Morgan fingerprint density at radius 3 is 2.79 bits per heavy atom. The zero-order valence-corrected chi connectivity index (χ0v) is 17.0. The van der Waals surface area contributed by atoms with Gasteiger partial charge in [0.2, 0.25) is 11.9 Å². The maximum atomic E-state index is 12.8. The van der Waals surface area contributed by atoms with Crippen molar-refractivity contribution in [2.45, 2.75) is 45.2 Å². The Morgan fingerprint density at radius 2 is 2.07 bits per heavy atom. The van der Waals surface area contributed by atoms with E-state index in [1.54, 1.807) is 0 Å². The molecule has 2 aliphatic rings. The summed E-state index contributed by atoms with van der Waals surface area (Å²) in [6.07, 6.45) is 1.57. The molecule has 1 saturated heterocycles. The van der Waals surface area contributed by atoms with Gasteiger partial charge in [0.25, 0.3) is 5.91 Å². The van der Waals surface area contributed by atoms with Crippen LogP contribution in [0.5, 0.6) is 0 Å². The molecule has 10 heteroatoms. The van der Waals surface area contributed by atoms with E-state index in [0.717, 1.165) is 17.5 Å². The van der Waals surface area contributed by atoms with Gasteiger partial charge in [0.05, 0.1) is 28.6 Å². The van der Waals surface area contributed by atoms with Crippen molar-refractivity contribution in [3.05, 3.63) is 24.3 Å². The minimum atomic E-state index is -3.16. The van der Waals surface area contributed by atoms with E-state index in [-0.39, 0.29) is 36.0 Å². The second kappa shape index (κ2) is 7.58. The maximum absolute atomic E-state index is 12.8. The highest BCUT2D eigenvalue weighted by molar-refractivity contribution is 7.91. The van der Waals surface area contributed by atoms with Crippen LogP contribution in [0, 0.1) is 0 Å². The van der Waals surface area contributed by atoms with Gasteiger partial charge in [-0.25, -0.2) is 18.4 Å². The molecule has 1 unspecified atom stereocenters. The van der Waals surface area contributed by atoms with Crippen molar-refractivity contribution in [3.63, 3.8) is 0 Å². The van der Waals surface area contributed by atoms with E-state index in [1.807, 2.05) is 35.8 Å². The molecule has 0 spiro atoms. The van der Waals surface area contributed by atoms with Gasteiger partial charge in [-0.1, -0.05) is 19.1 Å². The van der Waals surface area contributed by atoms with Crippen molar-refractivity contribution in [3.8, 4) is 0 Å². The van der Waals surface area contributed by atoms with Crippen LogP contribution in [0.4, 0.5) is 5.95 Å². The molecule has 1 atom stereocenters. The van der Waals surface area contributed by atoms with Gasteiger partial charge in [-0.05, 0) is 25.0 Å². The number of sulfone groups is 1. The molecule has 0 bridgehead atoms. The SMILES string of the molecule is CCCn1c(NC(=O)C2=NN(C3CCS(=O)(=O)C3)C(=O)CC2)nc2ccccc21. The lowest BCUT2D eigenvalue weighted by Gasteiger charge is -2.27. The van der Waals surface area contributed by atoms with E-state index in [4.69, 9.17) is 0 Å². The van der Waals surface area contributed by atoms with Crippen LogP contribution in [0.25, 0.3) is 11.0 Å². The van der Waals surface area contributed by atoms with E-state index in [0.29, 0.717) is 18.9 Å². The number of rotatable bonds is 5. The topological polar surface area (TPSA) is 114 Å². The summed E-state index contributed by atoms with van der Waals surface area (Å²) in [5.74, 6) is -0.297. The van der Waals surface area contributed by atoms with Gasteiger partial charge >= 0.3 is 0 Å². The molecule has 0 saturated carbocycles. The quantitative estimate of drug-likeness (QED) is 0.793. The highest BCUT2D eigenvalue weighted by Crippen LogP contribution is 2.23. The van der Waals surface area contributed by atoms with Gasteiger partial charge in [-0.15, -0.1) is 0 Å². The average Bonchev–Trinajstić information content (AvgIpc) is 3.22. The van der Waals surface area contributed by atoms with E-state index < -0.39 is 21.8 Å². The van der Waals surface area contributed by atoms with Crippen molar-refractivity contribution < 1.29 is 18.0 Å². The van der Waals surface area contributed by atoms with Gasteiger partial charge in [-0.2, -0.15) is 5.10 Å². The van der Waals surface area contributed by atoms with E-state index in [9.17, 15) is 18.0 Å². The second-order valence-electron chi connectivity index (χ2n) is 7.37. The largest absolute Gasteiger partial charge is 0.310 e. The average molecular weight is 417 g/mol. The van der Waals surface area contributed by atoms with Crippen LogP contribution < -0.4 is 5.32 Å². The number of para-hydroxylation sites is 2. The fourth-order valence-electron chi connectivity index (χ4n) is 3.78. The van der Waals surface area contributed by atoms with Crippen LogP contribution in [0.1, 0.15) is 32.6 Å². The predicted octanol–water partition coefficient (Wildman–Crippen LogP) is 1.55. The zero-order valence-electron chi connectivity index (χ0n) is 16.2. The number of imidazole rings is 1. The number of carbonyl (C=O) groups is 2. The molecule has 2 aliphatic heterocycles. The Bertz CT molecular complexity index is 1100. The number of nitrogens with one attached hydrogen (secondary N) is 1. The van der Waals surface area contributed by atoms with Crippen molar-refractivity contribution in [2.24, 2.45) is 5.10 Å². The number of aromatic nitrogens is 2. The fourth-order valence-corrected chi connectivity index (χ4v) is 5.47. The fraction of sp³-hybridized carbons (Fsp3) is 0.474. The summed E-state index contributed by atoms with van der Waals surface area (Å²) < 4.78 is 25.5. The third kappa shape index (κ3) is 3.89. The molecule has 0 radical (unpaired) electrons. The first-order chi connectivity index (χ1) is 13.9. The smallest absolute Gasteiger partial charge is 0.274 e. The molecule has 1 N–H and O–H groups in total. The van der Waals surface area contributed by atoms with Crippen molar-refractivity contribution in [1.29, 1.82) is 0 Å². The molecule has 9 nitrogen and oxygen atoms in total. The number of fused-ring (bicyclic) bond motifs is 1. The van der Waals surface area contributed by atoms with Crippen LogP contribution in [-0.2, 0) is 26.0 Å². The number of hydrogen-bond acceptors (Lipinski definition) is 6. The highest BCUT2D eigenvalue weighted by Gasteiger charge is 2.37. The van der Waals surface area contributed by atoms with Gasteiger partial charge < -0.3 is 4.57 Å². The predicted molar refractivity (Wildman–Crippen MR) is 109 cm³/mol. The van der Waals surface area contributed by atoms with Crippen LogP contribution in [0.3, 0.4) is 0 Å². The number of hydrogen-bond donors (Lipinski definition) is 1. The first kappa shape index (κ1) is 19.6. The summed E-state index contributed by atoms with van der Waals surface area (Å²) in [5, 5.41) is 8.24. The Morgan fingerprint density at radius 1 is 1.28 bits per heavy atom. The summed E-state index contributed by atoms with van der Waals surface area (Å²) in [5.41, 5.74) is 1.93. The number of hydrazone groups is 1. The third-order valence-corrected chi connectivity index (χ3v) is 6.95. The third-order valence-electron chi connectivity index (χ3n) is 5.20. The van der Waals surface area contributed by atoms with E-state index in [1.165, 1.54) is 5.01 Å². The number of nitrogens with zero attached hydrogens (tertiary/aromatic N) is 4. The maximum Gasteiger partial charge on any atom is 0.274 e. The lowest BCUT2D eigenvalue weighted by Crippen LogP contribution is -2.42. The summed E-state index contributed by atoms with van der Waals surface area (Å²) >= 11 is 0. The van der Waals surface area contributed by atoms with Crippen LogP contribution >= 0.6 is 0 Å². The molecule has 3 heterocycles. The number of benzene rings is 1. The first-order valence-electron chi connectivity index (χ1n) is 9.74. The second-order valence-corrected chi connectivity index (χ2v) is 9.60.